The fourth-order valence-corrected chi connectivity index (χ4v) is 4.24. The maximum Gasteiger partial charge on any atom is 0.471 e. The molecule has 2 aliphatic heterocycles. The van der Waals surface area contributed by atoms with Crippen LogP contribution in [-0.4, -0.2) is 50.7 Å². The van der Waals surface area contributed by atoms with Gasteiger partial charge in [-0.3, -0.25) is 9.78 Å². The van der Waals surface area contributed by atoms with E-state index in [0.717, 1.165) is 5.56 Å². The number of amides is 1. The molecule has 0 radical (unpaired) electrons. The van der Waals surface area contributed by atoms with Gasteiger partial charge in [-0.15, -0.1) is 0 Å². The van der Waals surface area contributed by atoms with Crippen molar-refractivity contribution in [2.24, 2.45) is 5.41 Å². The summed E-state index contributed by atoms with van der Waals surface area (Å²) in [6.07, 6.45) is -2.33. The van der Waals surface area contributed by atoms with Gasteiger partial charge < -0.3 is 18.9 Å². The molecule has 5 rings (SSSR count). The van der Waals surface area contributed by atoms with Crippen LogP contribution in [0.1, 0.15) is 43.0 Å². The van der Waals surface area contributed by atoms with Crippen LogP contribution in [0.2, 0.25) is 0 Å². The zero-order chi connectivity index (χ0) is 24.6. The fraction of sp³-hybridized carbons (Fsp3) is 0.435. The number of carbonyl (C=O) groups is 1. The smallest absolute Gasteiger partial charge is 0.471 e. The Bertz CT molecular complexity index is 1210. The number of ether oxygens (including phenoxy) is 2. The van der Waals surface area contributed by atoms with E-state index < -0.39 is 23.5 Å². The zero-order valence-electron chi connectivity index (χ0n) is 18.8. The molecule has 184 valence electrons. The highest BCUT2D eigenvalue weighted by Crippen LogP contribution is 2.38. The maximum atomic E-state index is 13.8. The third-order valence-corrected chi connectivity index (χ3v) is 6.34. The van der Waals surface area contributed by atoms with Crippen LogP contribution in [0.15, 0.2) is 41.1 Å². The standard InChI is InChI=1S/C23H22F3N5O4/c1-22(7-9-33-10-8-22)21(32)31-12-16-19(34-13-17(31)14-5-3-2-4-6-14)28-15(11-27-16)18-29-20(35-30-18)23(24,25)26/h2-6,11,17H,7-10,12-13H2,1H3/t17-/m1/s1. The van der Waals surface area contributed by atoms with Gasteiger partial charge in [-0.2, -0.15) is 18.2 Å². The molecule has 0 N–H and O–H groups in total. The van der Waals surface area contributed by atoms with Gasteiger partial charge in [0.2, 0.25) is 17.6 Å². The van der Waals surface area contributed by atoms with Gasteiger partial charge in [0, 0.05) is 13.2 Å². The molecule has 1 amide bonds. The van der Waals surface area contributed by atoms with E-state index in [2.05, 4.69) is 24.6 Å². The number of aromatic nitrogens is 4. The van der Waals surface area contributed by atoms with Crippen molar-refractivity contribution in [3.63, 3.8) is 0 Å². The number of alkyl halides is 3. The van der Waals surface area contributed by atoms with Gasteiger partial charge in [0.05, 0.1) is 24.2 Å². The van der Waals surface area contributed by atoms with Crippen LogP contribution >= 0.6 is 0 Å². The first-order valence-corrected chi connectivity index (χ1v) is 11.1. The van der Waals surface area contributed by atoms with Crippen molar-refractivity contribution >= 4 is 5.91 Å². The number of halogens is 3. The monoisotopic (exact) mass is 489 g/mol. The average Bonchev–Trinajstić information content (AvgIpc) is 3.28. The van der Waals surface area contributed by atoms with E-state index >= 15 is 0 Å². The number of rotatable bonds is 3. The van der Waals surface area contributed by atoms with Crippen LogP contribution in [0.4, 0.5) is 13.2 Å². The molecule has 9 nitrogen and oxygen atoms in total. The first kappa shape index (κ1) is 23.2. The summed E-state index contributed by atoms with van der Waals surface area (Å²) in [6.45, 7) is 3.17. The third kappa shape index (κ3) is 4.57. The highest BCUT2D eigenvalue weighted by Gasteiger charge is 2.43. The van der Waals surface area contributed by atoms with Crippen molar-refractivity contribution in [3.05, 3.63) is 53.7 Å². The Balaban J connectivity index is 1.49. The van der Waals surface area contributed by atoms with Crippen molar-refractivity contribution in [1.29, 1.82) is 0 Å². The van der Waals surface area contributed by atoms with Crippen molar-refractivity contribution in [2.75, 3.05) is 19.8 Å². The van der Waals surface area contributed by atoms with Gasteiger partial charge >= 0.3 is 12.1 Å². The first-order valence-electron chi connectivity index (χ1n) is 11.1. The van der Waals surface area contributed by atoms with Crippen molar-refractivity contribution in [3.8, 4) is 17.4 Å². The zero-order valence-corrected chi connectivity index (χ0v) is 18.8. The molecule has 12 heteroatoms. The van der Waals surface area contributed by atoms with E-state index in [-0.39, 0.29) is 36.5 Å². The summed E-state index contributed by atoms with van der Waals surface area (Å²) in [5, 5.41) is 3.36. The molecule has 3 aromatic rings. The first-order chi connectivity index (χ1) is 16.7. The summed E-state index contributed by atoms with van der Waals surface area (Å²) in [7, 11) is 0. The molecule has 0 saturated carbocycles. The molecular weight excluding hydrogens is 467 g/mol. The summed E-state index contributed by atoms with van der Waals surface area (Å²) < 4.78 is 54.3. The van der Waals surface area contributed by atoms with Gasteiger partial charge in [-0.25, -0.2) is 4.98 Å². The molecule has 2 aromatic heterocycles. The lowest BCUT2D eigenvalue weighted by molar-refractivity contribution is -0.159. The number of carbonyl (C=O) groups excluding carboxylic acids is 1. The van der Waals surface area contributed by atoms with E-state index in [9.17, 15) is 18.0 Å². The Kier molecular flexibility index (Phi) is 5.91. The molecule has 1 aromatic carbocycles. The molecule has 2 aliphatic rings. The van der Waals surface area contributed by atoms with Gasteiger partial charge in [0.15, 0.2) is 0 Å². The Morgan fingerprint density at radius 3 is 2.57 bits per heavy atom. The minimum Gasteiger partial charge on any atom is -0.474 e. The molecule has 35 heavy (non-hydrogen) atoms. The van der Waals surface area contributed by atoms with Gasteiger partial charge in [0.25, 0.3) is 0 Å². The van der Waals surface area contributed by atoms with Crippen molar-refractivity contribution in [1.82, 2.24) is 25.0 Å². The lowest BCUT2D eigenvalue weighted by Crippen LogP contribution is -2.47. The Labute approximate surface area is 198 Å². The van der Waals surface area contributed by atoms with Gasteiger partial charge in [-0.1, -0.05) is 42.4 Å². The molecule has 0 spiro atoms. The lowest BCUT2D eigenvalue weighted by Gasteiger charge is -2.39. The number of benzene rings is 1. The lowest BCUT2D eigenvalue weighted by atomic mass is 9.80. The summed E-state index contributed by atoms with van der Waals surface area (Å²) in [5.41, 5.74) is 0.644. The van der Waals surface area contributed by atoms with Crippen LogP contribution < -0.4 is 4.74 Å². The summed E-state index contributed by atoms with van der Waals surface area (Å²) in [6, 6.07) is 9.08. The third-order valence-electron chi connectivity index (χ3n) is 6.34. The van der Waals surface area contributed by atoms with Gasteiger partial charge in [0.1, 0.15) is 18.0 Å². The molecule has 0 aliphatic carbocycles. The predicted octanol–water partition coefficient (Wildman–Crippen LogP) is 3.82. The molecule has 4 heterocycles. The highest BCUT2D eigenvalue weighted by molar-refractivity contribution is 5.83. The average molecular weight is 489 g/mol. The minimum atomic E-state index is -4.77. The number of nitrogens with zero attached hydrogens (tertiary/aromatic N) is 5. The topological polar surface area (TPSA) is 103 Å². The van der Waals surface area contributed by atoms with E-state index in [1.165, 1.54) is 6.20 Å². The maximum absolute atomic E-state index is 13.8. The number of fused-ring (bicyclic) bond motifs is 1. The van der Waals surface area contributed by atoms with Crippen molar-refractivity contribution < 1.29 is 32.0 Å². The van der Waals surface area contributed by atoms with Crippen LogP contribution in [0.3, 0.4) is 0 Å². The number of hydrogen-bond donors (Lipinski definition) is 0. The largest absolute Gasteiger partial charge is 0.474 e. The quantitative estimate of drug-likeness (QED) is 0.547. The second-order valence-electron chi connectivity index (χ2n) is 8.77. The van der Waals surface area contributed by atoms with Crippen LogP contribution in [-0.2, 0) is 22.3 Å². The Morgan fingerprint density at radius 2 is 1.89 bits per heavy atom. The fourth-order valence-electron chi connectivity index (χ4n) is 4.24. The van der Waals surface area contributed by atoms with E-state index in [1.807, 2.05) is 37.3 Å². The van der Waals surface area contributed by atoms with Crippen LogP contribution in [0.25, 0.3) is 11.5 Å². The molecule has 0 bridgehead atoms. The number of hydrogen-bond acceptors (Lipinski definition) is 8. The van der Waals surface area contributed by atoms with Crippen LogP contribution in [0.5, 0.6) is 5.88 Å². The highest BCUT2D eigenvalue weighted by atomic mass is 19.4. The molecule has 1 saturated heterocycles. The second-order valence-corrected chi connectivity index (χ2v) is 8.77. The molecule has 0 unspecified atom stereocenters. The molecular formula is C23H22F3N5O4. The van der Waals surface area contributed by atoms with Gasteiger partial charge in [-0.05, 0) is 18.4 Å². The Morgan fingerprint density at radius 1 is 1.14 bits per heavy atom. The normalized spacial score (nSPS) is 20.0. The molecule has 1 atom stereocenters. The Hall–Kier alpha value is -3.54. The van der Waals surface area contributed by atoms with E-state index in [0.29, 0.717) is 31.7 Å². The summed E-state index contributed by atoms with van der Waals surface area (Å²) in [5.74, 6) is -1.77. The second kappa shape index (κ2) is 8.91. The van der Waals surface area contributed by atoms with Crippen LogP contribution in [0, 0.1) is 5.41 Å². The predicted molar refractivity (Wildman–Crippen MR) is 114 cm³/mol. The SMILES string of the molecule is CC1(C(=O)N2Cc3ncc(-c4noc(C(F)(F)F)n4)nc3OC[C@@H]2c2ccccc2)CCOCC1. The minimum absolute atomic E-state index is 0.0320. The van der Waals surface area contributed by atoms with E-state index in [4.69, 9.17) is 9.47 Å². The molecule has 1 fully saturated rings. The summed E-state index contributed by atoms with van der Waals surface area (Å²) in [4.78, 5) is 27.6. The van der Waals surface area contributed by atoms with Crippen molar-refractivity contribution in [2.45, 2.75) is 38.5 Å². The van der Waals surface area contributed by atoms with E-state index in [1.54, 1.807) is 4.90 Å². The summed E-state index contributed by atoms with van der Waals surface area (Å²) >= 11 is 0.